The summed E-state index contributed by atoms with van der Waals surface area (Å²) in [6, 6.07) is 0. The lowest BCUT2D eigenvalue weighted by Gasteiger charge is -2.69. The van der Waals surface area contributed by atoms with Gasteiger partial charge in [0.1, 0.15) is 30.0 Å². The number of hydrogen-bond donors (Lipinski definition) is 8. The molecule has 0 unspecified atom stereocenters. The molecule has 10 nitrogen and oxygen atoms in total. The van der Waals surface area contributed by atoms with E-state index >= 15 is 0 Å². The SMILES string of the molecule is C=C1CO[C@]2(C[C@H]1O)O[C@H]1C[C@H]3[C@@H]4[C@H](O)[C@@H](O)[C@]5(O)[C@@H](O)[C@@H](O)[C@@H](O)[C@@H](O)[C@]5(C)[C@H]4CC[C@]3(C)[C@H]1[C@@H]2C. The lowest BCUT2D eigenvalue weighted by Crippen LogP contribution is -2.83. The Kier molecular flexibility index (Phi) is 5.72. The van der Waals surface area contributed by atoms with Gasteiger partial charge in [0, 0.05) is 17.8 Å². The van der Waals surface area contributed by atoms with Crippen LogP contribution in [0.1, 0.15) is 46.5 Å². The molecule has 0 aromatic carbocycles. The van der Waals surface area contributed by atoms with E-state index < -0.39 is 71.4 Å². The van der Waals surface area contributed by atoms with E-state index in [1.165, 1.54) is 0 Å². The summed E-state index contributed by atoms with van der Waals surface area (Å²) in [6.45, 7) is 9.90. The normalized spacial score (nSPS) is 65.2. The predicted molar refractivity (Wildman–Crippen MR) is 127 cm³/mol. The third kappa shape index (κ3) is 2.90. The van der Waals surface area contributed by atoms with Crippen molar-refractivity contribution in [3.63, 3.8) is 0 Å². The van der Waals surface area contributed by atoms with Crippen molar-refractivity contribution in [3.05, 3.63) is 12.2 Å². The molecule has 37 heavy (non-hydrogen) atoms. The fraction of sp³-hybridized carbons (Fsp3) is 0.926. The zero-order valence-electron chi connectivity index (χ0n) is 21.6. The van der Waals surface area contributed by atoms with E-state index in [2.05, 4.69) is 20.4 Å². The summed E-state index contributed by atoms with van der Waals surface area (Å²) in [4.78, 5) is 0. The molecule has 0 aromatic rings. The van der Waals surface area contributed by atoms with E-state index in [0.29, 0.717) is 31.3 Å². The van der Waals surface area contributed by atoms with Crippen molar-refractivity contribution in [3.8, 4) is 0 Å². The molecule has 6 rings (SSSR count). The summed E-state index contributed by atoms with van der Waals surface area (Å²) in [7, 11) is 0. The Morgan fingerprint density at radius 2 is 1.51 bits per heavy atom. The van der Waals surface area contributed by atoms with Crippen LogP contribution in [0.25, 0.3) is 0 Å². The monoisotopic (exact) mass is 526 g/mol. The van der Waals surface area contributed by atoms with Gasteiger partial charge >= 0.3 is 0 Å². The molecular formula is C27H42O10. The molecule has 2 saturated heterocycles. The Morgan fingerprint density at radius 3 is 2.16 bits per heavy atom. The number of aliphatic hydroxyl groups is 8. The summed E-state index contributed by atoms with van der Waals surface area (Å²) < 4.78 is 12.7. The molecule has 8 N–H and O–H groups in total. The van der Waals surface area contributed by atoms with E-state index in [9.17, 15) is 40.9 Å². The Morgan fingerprint density at radius 1 is 0.892 bits per heavy atom. The van der Waals surface area contributed by atoms with Crippen LogP contribution in [-0.4, -0.2) is 108 Å². The molecule has 0 radical (unpaired) electrons. The Labute approximate surface area is 216 Å². The molecule has 10 heteroatoms. The Balaban J connectivity index is 1.37. The lowest BCUT2D eigenvalue weighted by molar-refractivity contribution is -0.367. The smallest absolute Gasteiger partial charge is 0.174 e. The topological polar surface area (TPSA) is 180 Å². The Hall–Kier alpha value is -0.660. The average Bonchev–Trinajstić information content (AvgIpc) is 3.30. The number of hydrogen-bond acceptors (Lipinski definition) is 10. The van der Waals surface area contributed by atoms with Crippen LogP contribution in [0.2, 0.25) is 0 Å². The highest BCUT2D eigenvalue weighted by molar-refractivity contribution is 5.27. The first-order valence-corrected chi connectivity index (χ1v) is 13.6. The minimum Gasteiger partial charge on any atom is -0.390 e. The van der Waals surface area contributed by atoms with Crippen LogP contribution in [0, 0.1) is 40.4 Å². The number of ether oxygens (including phenoxy) is 2. The fourth-order valence-corrected chi connectivity index (χ4v) is 10.3. The highest BCUT2D eigenvalue weighted by atomic mass is 16.7. The van der Waals surface area contributed by atoms with E-state index in [1.807, 2.05) is 0 Å². The Bertz CT molecular complexity index is 977. The largest absolute Gasteiger partial charge is 0.390 e. The van der Waals surface area contributed by atoms with Crippen molar-refractivity contribution in [2.45, 2.75) is 107 Å². The third-order valence-electron chi connectivity index (χ3n) is 12.3. The van der Waals surface area contributed by atoms with Crippen LogP contribution >= 0.6 is 0 Å². The molecular weight excluding hydrogens is 484 g/mol. The average molecular weight is 527 g/mol. The second kappa shape index (κ2) is 7.96. The van der Waals surface area contributed by atoms with Crippen LogP contribution in [0.15, 0.2) is 12.2 Å². The van der Waals surface area contributed by atoms with Crippen LogP contribution in [-0.2, 0) is 9.47 Å². The summed E-state index contributed by atoms with van der Waals surface area (Å²) in [5.74, 6) is -2.13. The first kappa shape index (κ1) is 26.6. The van der Waals surface area contributed by atoms with Gasteiger partial charge in [0.15, 0.2) is 5.79 Å². The summed E-state index contributed by atoms with van der Waals surface area (Å²) in [5.41, 5.74) is -3.70. The van der Waals surface area contributed by atoms with Crippen LogP contribution in [0.3, 0.4) is 0 Å². The standard InChI is InChI=1S/C27H42O10/c1-10-9-36-26(8-14(10)28)11(2)17-15(37-26)7-13-16-12(5-6-24(13,17)3)25(4)21(32)19(30)20(31)23(34)27(25,35)22(33)18(16)29/h11-23,28-35H,1,5-9H2,2-4H3/t11-,12-,13-,14+,15-,16+,17-,18-,19+,20-,21+,22+,23-,24-,25-,26+,27-/m0/s1. The van der Waals surface area contributed by atoms with Crippen molar-refractivity contribution >= 4 is 0 Å². The first-order chi connectivity index (χ1) is 17.2. The minimum atomic E-state index is -2.42. The molecule has 6 aliphatic rings. The van der Waals surface area contributed by atoms with E-state index in [0.717, 1.165) is 0 Å². The van der Waals surface area contributed by atoms with Gasteiger partial charge in [-0.05, 0) is 53.9 Å². The van der Waals surface area contributed by atoms with Gasteiger partial charge in [0.2, 0.25) is 0 Å². The maximum atomic E-state index is 11.7. The van der Waals surface area contributed by atoms with Gasteiger partial charge in [-0.3, -0.25) is 0 Å². The minimum absolute atomic E-state index is 0.0518. The van der Waals surface area contributed by atoms with Gasteiger partial charge in [0.25, 0.3) is 0 Å². The quantitative estimate of drug-likeness (QED) is 0.176. The summed E-state index contributed by atoms with van der Waals surface area (Å²) in [6.07, 6.45) is -9.32. The highest BCUT2D eigenvalue weighted by Crippen LogP contribution is 2.71. The fourth-order valence-electron chi connectivity index (χ4n) is 10.3. The van der Waals surface area contributed by atoms with Crippen LogP contribution in [0.5, 0.6) is 0 Å². The van der Waals surface area contributed by atoms with Crippen LogP contribution in [0.4, 0.5) is 0 Å². The van der Waals surface area contributed by atoms with E-state index in [1.54, 1.807) is 6.92 Å². The second-order valence-electron chi connectivity index (χ2n) is 13.4. The zero-order chi connectivity index (χ0) is 27.0. The maximum Gasteiger partial charge on any atom is 0.174 e. The van der Waals surface area contributed by atoms with Gasteiger partial charge in [0.05, 0.1) is 31.0 Å². The number of aliphatic hydroxyl groups excluding tert-OH is 7. The number of rotatable bonds is 0. The highest BCUT2D eigenvalue weighted by Gasteiger charge is 2.78. The van der Waals surface area contributed by atoms with E-state index in [4.69, 9.17) is 9.47 Å². The van der Waals surface area contributed by atoms with Crippen molar-refractivity contribution in [2.75, 3.05) is 6.61 Å². The molecule has 0 amide bonds. The first-order valence-electron chi connectivity index (χ1n) is 13.6. The van der Waals surface area contributed by atoms with Gasteiger partial charge in [-0.15, -0.1) is 0 Å². The van der Waals surface area contributed by atoms with Gasteiger partial charge in [-0.25, -0.2) is 0 Å². The molecule has 1 spiro atoms. The molecule has 4 saturated carbocycles. The van der Waals surface area contributed by atoms with Crippen molar-refractivity contribution < 1.29 is 50.3 Å². The van der Waals surface area contributed by atoms with Crippen molar-refractivity contribution in [2.24, 2.45) is 40.4 Å². The van der Waals surface area contributed by atoms with Crippen molar-refractivity contribution in [1.29, 1.82) is 0 Å². The number of fused-ring (bicyclic) bond motifs is 7. The molecule has 17 atom stereocenters. The molecule has 4 aliphatic carbocycles. The second-order valence-corrected chi connectivity index (χ2v) is 13.4. The van der Waals surface area contributed by atoms with Gasteiger partial charge in [-0.2, -0.15) is 0 Å². The predicted octanol–water partition coefficient (Wildman–Crippen LogP) is -1.35. The lowest BCUT2D eigenvalue weighted by atomic mass is 9.40. The van der Waals surface area contributed by atoms with E-state index in [-0.39, 0.29) is 35.9 Å². The maximum absolute atomic E-state index is 11.7. The van der Waals surface area contributed by atoms with Gasteiger partial charge < -0.3 is 50.3 Å². The zero-order valence-corrected chi connectivity index (χ0v) is 21.6. The third-order valence-corrected chi connectivity index (χ3v) is 12.3. The molecule has 2 aliphatic heterocycles. The molecule has 210 valence electrons. The molecule has 6 fully saturated rings. The molecule has 2 heterocycles. The van der Waals surface area contributed by atoms with Crippen molar-refractivity contribution in [1.82, 2.24) is 0 Å². The summed E-state index contributed by atoms with van der Waals surface area (Å²) in [5, 5.41) is 88.0. The van der Waals surface area contributed by atoms with Gasteiger partial charge in [-0.1, -0.05) is 27.4 Å². The summed E-state index contributed by atoms with van der Waals surface area (Å²) >= 11 is 0. The molecule has 0 bridgehead atoms. The van der Waals surface area contributed by atoms with Crippen LogP contribution < -0.4 is 0 Å². The molecule has 0 aromatic heterocycles.